The van der Waals surface area contributed by atoms with Gasteiger partial charge in [0, 0.05) is 21.4 Å². The fraction of sp³-hybridized carbons (Fsp3) is 0.179. The third-order valence-electron chi connectivity index (χ3n) is 6.03. The van der Waals surface area contributed by atoms with Crippen molar-refractivity contribution in [2.24, 2.45) is 0 Å². The van der Waals surface area contributed by atoms with Gasteiger partial charge in [-0.15, -0.1) is 0 Å². The number of hydrogen-bond donors (Lipinski definition) is 2. The maximum atomic E-state index is 13.6. The Morgan fingerprint density at radius 1 is 1.00 bits per heavy atom. The molecular weight excluding hydrogens is 525 g/mol. The number of carbonyl (C=O) groups is 1. The number of allylic oxidation sites excluding steroid dienone is 1. The average Bonchev–Trinajstić information content (AvgIpc) is 3.37. The lowest BCUT2D eigenvalue weighted by molar-refractivity contribution is -0.113. The van der Waals surface area contributed by atoms with Gasteiger partial charge < -0.3 is 20.1 Å². The van der Waals surface area contributed by atoms with Gasteiger partial charge >= 0.3 is 0 Å². The Labute approximate surface area is 230 Å². The number of fused-ring (bicyclic) bond motifs is 1. The van der Waals surface area contributed by atoms with Crippen molar-refractivity contribution in [3.8, 4) is 11.5 Å². The number of aromatic nitrogens is 3. The van der Waals surface area contributed by atoms with Crippen LogP contribution >= 0.6 is 23.2 Å². The monoisotopic (exact) mass is 549 g/mol. The average molecular weight is 550 g/mol. The lowest BCUT2D eigenvalue weighted by Crippen LogP contribution is -2.31. The van der Waals surface area contributed by atoms with Crippen LogP contribution < -0.4 is 20.1 Å². The molecule has 10 heteroatoms. The predicted molar refractivity (Wildman–Crippen MR) is 148 cm³/mol. The van der Waals surface area contributed by atoms with Crippen LogP contribution in [0.2, 0.25) is 10.0 Å². The smallest absolute Gasteiger partial charge is 0.255 e. The highest BCUT2D eigenvalue weighted by Gasteiger charge is 2.34. The molecule has 0 aliphatic carbocycles. The number of ether oxygens (including phenoxy) is 2. The van der Waals surface area contributed by atoms with Gasteiger partial charge in [0.2, 0.25) is 5.95 Å². The number of halogens is 2. The molecule has 0 unspecified atom stereocenters. The van der Waals surface area contributed by atoms with Crippen molar-refractivity contribution in [2.75, 3.05) is 17.2 Å². The van der Waals surface area contributed by atoms with Crippen LogP contribution in [0.5, 0.6) is 11.5 Å². The second-order valence-electron chi connectivity index (χ2n) is 8.61. The van der Waals surface area contributed by atoms with E-state index >= 15 is 0 Å². The lowest BCUT2D eigenvalue weighted by atomic mass is 9.94. The van der Waals surface area contributed by atoms with E-state index in [-0.39, 0.29) is 5.91 Å². The Bertz CT molecular complexity index is 1480. The van der Waals surface area contributed by atoms with Gasteiger partial charge in [0.25, 0.3) is 5.91 Å². The van der Waals surface area contributed by atoms with Crippen molar-refractivity contribution in [1.29, 1.82) is 0 Å². The molecule has 0 spiro atoms. The summed E-state index contributed by atoms with van der Waals surface area (Å²) in [5.74, 6) is 1.42. The molecule has 1 aliphatic heterocycles. The normalized spacial score (nSPS) is 14.5. The topological polar surface area (TPSA) is 90.3 Å². The number of benzene rings is 3. The van der Waals surface area contributed by atoms with Crippen LogP contribution in [0.1, 0.15) is 31.0 Å². The van der Waals surface area contributed by atoms with Crippen molar-refractivity contribution >= 4 is 40.7 Å². The molecule has 0 saturated heterocycles. The largest absolute Gasteiger partial charge is 0.490 e. The minimum atomic E-state index is -0.550. The number of nitrogens with zero attached hydrogens (tertiary/aromatic N) is 3. The molecule has 0 bridgehead atoms. The zero-order valence-electron chi connectivity index (χ0n) is 20.7. The highest BCUT2D eigenvalue weighted by Crippen LogP contribution is 2.39. The van der Waals surface area contributed by atoms with Gasteiger partial charge in [0.15, 0.2) is 11.5 Å². The van der Waals surface area contributed by atoms with E-state index in [1.54, 1.807) is 28.9 Å². The first kappa shape index (κ1) is 25.6. The second kappa shape index (κ2) is 11.2. The summed E-state index contributed by atoms with van der Waals surface area (Å²) in [7, 11) is 0. The molecule has 0 fully saturated rings. The van der Waals surface area contributed by atoms with Crippen molar-refractivity contribution in [1.82, 2.24) is 14.8 Å². The molecule has 4 aromatic rings. The third-order valence-corrected chi connectivity index (χ3v) is 6.54. The number of hydrogen-bond acceptors (Lipinski definition) is 6. The van der Waals surface area contributed by atoms with E-state index in [4.69, 9.17) is 32.7 Å². The summed E-state index contributed by atoms with van der Waals surface area (Å²) < 4.78 is 13.7. The van der Waals surface area contributed by atoms with Crippen LogP contribution in [-0.2, 0) is 11.4 Å². The SMILES string of the molecule is CCOc1cc([C@H]2C(C(=O)Nc3ccc(Cl)cc3)=C(C)Nc3ncnn32)ccc1OCc1ccc(Cl)cc1. The molecule has 5 rings (SSSR count). The van der Waals surface area contributed by atoms with Crippen LogP contribution in [0.15, 0.2) is 84.3 Å². The van der Waals surface area contributed by atoms with Gasteiger partial charge in [-0.3, -0.25) is 4.79 Å². The van der Waals surface area contributed by atoms with Crippen molar-refractivity contribution in [3.63, 3.8) is 0 Å². The van der Waals surface area contributed by atoms with Crippen molar-refractivity contribution in [3.05, 3.63) is 105 Å². The van der Waals surface area contributed by atoms with Gasteiger partial charge in [-0.2, -0.15) is 10.1 Å². The van der Waals surface area contributed by atoms with Gasteiger partial charge in [-0.1, -0.05) is 41.4 Å². The summed E-state index contributed by atoms with van der Waals surface area (Å²) >= 11 is 12.0. The molecular formula is C28H25Cl2N5O3. The van der Waals surface area contributed by atoms with E-state index in [0.717, 1.165) is 11.1 Å². The first-order valence-electron chi connectivity index (χ1n) is 12.0. The number of rotatable bonds is 8. The van der Waals surface area contributed by atoms with Crippen molar-refractivity contribution < 1.29 is 14.3 Å². The first-order valence-corrected chi connectivity index (χ1v) is 12.8. The van der Waals surface area contributed by atoms with E-state index in [1.807, 2.05) is 56.3 Å². The molecule has 1 aliphatic rings. The Balaban J connectivity index is 1.48. The van der Waals surface area contributed by atoms with E-state index in [1.165, 1.54) is 6.33 Å². The van der Waals surface area contributed by atoms with Crippen LogP contribution in [-0.4, -0.2) is 27.3 Å². The molecule has 2 N–H and O–H groups in total. The van der Waals surface area contributed by atoms with Gasteiger partial charge in [-0.05, 0) is 73.5 Å². The Morgan fingerprint density at radius 3 is 2.42 bits per heavy atom. The third kappa shape index (κ3) is 5.46. The first-order chi connectivity index (χ1) is 18.4. The van der Waals surface area contributed by atoms with Gasteiger partial charge in [-0.25, -0.2) is 4.68 Å². The highest BCUT2D eigenvalue weighted by molar-refractivity contribution is 6.30. The summed E-state index contributed by atoms with van der Waals surface area (Å²) in [4.78, 5) is 17.9. The minimum absolute atomic E-state index is 0.274. The molecule has 1 atom stereocenters. The standard InChI is InChI=1S/C28H25Cl2N5O3/c1-3-37-24-14-19(6-13-23(24)38-15-18-4-7-20(29)8-5-18)26-25(17(2)33-28-31-16-32-35(26)28)27(36)34-22-11-9-21(30)10-12-22/h4-14,16,26H,3,15H2,1-2H3,(H,34,36)(H,31,32,33)/t26-/m0/s1. The summed E-state index contributed by atoms with van der Waals surface area (Å²) in [5, 5.41) is 11.8. The van der Waals surface area contributed by atoms with E-state index in [0.29, 0.717) is 57.7 Å². The summed E-state index contributed by atoms with van der Waals surface area (Å²) in [6.45, 7) is 4.55. The molecule has 38 heavy (non-hydrogen) atoms. The van der Waals surface area contributed by atoms with E-state index in [9.17, 15) is 4.79 Å². The second-order valence-corrected chi connectivity index (χ2v) is 9.48. The quantitative estimate of drug-likeness (QED) is 0.261. The number of anilines is 2. The highest BCUT2D eigenvalue weighted by atomic mass is 35.5. The molecule has 1 amide bonds. The number of carbonyl (C=O) groups excluding carboxylic acids is 1. The van der Waals surface area contributed by atoms with E-state index < -0.39 is 6.04 Å². The Kier molecular flexibility index (Phi) is 7.53. The zero-order valence-corrected chi connectivity index (χ0v) is 22.3. The molecule has 8 nitrogen and oxygen atoms in total. The van der Waals surface area contributed by atoms with Crippen LogP contribution in [0.3, 0.4) is 0 Å². The molecule has 194 valence electrons. The maximum absolute atomic E-state index is 13.6. The predicted octanol–water partition coefficient (Wildman–Crippen LogP) is 6.49. The fourth-order valence-electron chi connectivity index (χ4n) is 4.25. The number of amides is 1. The van der Waals surface area contributed by atoms with Crippen molar-refractivity contribution in [2.45, 2.75) is 26.5 Å². The summed E-state index contributed by atoms with van der Waals surface area (Å²) in [5.41, 5.74) is 3.56. The molecule has 2 heterocycles. The molecule has 3 aromatic carbocycles. The summed E-state index contributed by atoms with van der Waals surface area (Å²) in [6.07, 6.45) is 1.45. The fourth-order valence-corrected chi connectivity index (χ4v) is 4.50. The van der Waals surface area contributed by atoms with Crippen LogP contribution in [0, 0.1) is 0 Å². The Hall–Kier alpha value is -4.01. The van der Waals surface area contributed by atoms with Crippen LogP contribution in [0.4, 0.5) is 11.6 Å². The molecule has 0 radical (unpaired) electrons. The van der Waals surface area contributed by atoms with Gasteiger partial charge in [0.05, 0.1) is 12.2 Å². The Morgan fingerprint density at radius 2 is 1.71 bits per heavy atom. The van der Waals surface area contributed by atoms with Gasteiger partial charge in [0.1, 0.15) is 19.0 Å². The lowest BCUT2D eigenvalue weighted by Gasteiger charge is -2.29. The zero-order chi connectivity index (χ0) is 26.6. The van der Waals surface area contributed by atoms with Crippen LogP contribution in [0.25, 0.3) is 0 Å². The molecule has 1 aromatic heterocycles. The number of nitrogens with one attached hydrogen (secondary N) is 2. The minimum Gasteiger partial charge on any atom is -0.490 e. The summed E-state index contributed by atoms with van der Waals surface area (Å²) in [6, 6.07) is 19.5. The van der Waals surface area contributed by atoms with E-state index in [2.05, 4.69) is 20.7 Å². The molecule has 0 saturated carbocycles. The maximum Gasteiger partial charge on any atom is 0.255 e.